The molecule has 12 heavy (non-hydrogen) atoms. The molecule has 0 radical (unpaired) electrons. The third kappa shape index (κ3) is 1.83. The second kappa shape index (κ2) is 2.95. The summed E-state index contributed by atoms with van der Waals surface area (Å²) in [7, 11) is -4.31. The molecule has 1 aromatic rings. The third-order valence-electron chi connectivity index (χ3n) is 1.04. The van der Waals surface area contributed by atoms with Gasteiger partial charge in [-0.2, -0.15) is 8.42 Å². The van der Waals surface area contributed by atoms with Crippen LogP contribution in [0, 0.1) is 0 Å². The van der Waals surface area contributed by atoms with Gasteiger partial charge in [0.15, 0.2) is 0 Å². The zero-order chi connectivity index (χ0) is 9.19. The lowest BCUT2D eigenvalue weighted by Gasteiger charge is -1.87. The lowest BCUT2D eigenvalue weighted by molar-refractivity contribution is 0.319. The molecule has 2 N–H and O–H groups in total. The molecule has 0 aliphatic rings. The molecule has 0 aromatic carbocycles. The SMILES string of the molecule is O=S(=O)(O)c1ccc(C=NO)o1. The van der Waals surface area contributed by atoms with Crippen molar-refractivity contribution in [3.8, 4) is 0 Å². The van der Waals surface area contributed by atoms with E-state index in [0.29, 0.717) is 0 Å². The van der Waals surface area contributed by atoms with Crippen molar-refractivity contribution in [1.82, 2.24) is 0 Å². The van der Waals surface area contributed by atoms with E-state index in [9.17, 15) is 8.42 Å². The number of furan rings is 1. The van der Waals surface area contributed by atoms with Crippen LogP contribution in [0.25, 0.3) is 0 Å². The van der Waals surface area contributed by atoms with Crippen molar-refractivity contribution >= 4 is 16.3 Å². The summed E-state index contributed by atoms with van der Waals surface area (Å²) in [5, 5.41) is 10.0. The maximum atomic E-state index is 10.4. The fourth-order valence-corrected chi connectivity index (χ4v) is 1.04. The summed E-state index contributed by atoms with van der Waals surface area (Å²) in [4.78, 5) is 0. The molecule has 6 nitrogen and oxygen atoms in total. The molecule has 0 spiro atoms. The van der Waals surface area contributed by atoms with E-state index in [-0.39, 0.29) is 5.76 Å². The van der Waals surface area contributed by atoms with Crippen LogP contribution in [0.4, 0.5) is 0 Å². The van der Waals surface area contributed by atoms with Gasteiger partial charge in [0.1, 0.15) is 12.0 Å². The molecule has 0 unspecified atom stereocenters. The van der Waals surface area contributed by atoms with Crippen LogP contribution in [-0.2, 0) is 10.1 Å². The van der Waals surface area contributed by atoms with E-state index in [2.05, 4.69) is 9.57 Å². The molecule has 7 heteroatoms. The highest BCUT2D eigenvalue weighted by atomic mass is 32.2. The summed E-state index contributed by atoms with van der Waals surface area (Å²) >= 11 is 0. The first-order valence-electron chi connectivity index (χ1n) is 2.79. The topological polar surface area (TPSA) is 100 Å². The molecular weight excluding hydrogens is 186 g/mol. The standard InChI is InChI=1S/C5H5NO5S/c7-6-3-4-1-2-5(11-4)12(8,9)10/h1-3,7H,(H,8,9,10). The molecule has 0 aliphatic carbocycles. The van der Waals surface area contributed by atoms with Crippen LogP contribution in [0.3, 0.4) is 0 Å². The van der Waals surface area contributed by atoms with E-state index < -0.39 is 15.2 Å². The van der Waals surface area contributed by atoms with Gasteiger partial charge in [-0.3, -0.25) is 4.55 Å². The van der Waals surface area contributed by atoms with Gasteiger partial charge in [-0.25, -0.2) is 0 Å². The summed E-state index contributed by atoms with van der Waals surface area (Å²) in [6, 6.07) is 2.29. The number of rotatable bonds is 2. The predicted molar refractivity (Wildman–Crippen MR) is 37.9 cm³/mol. The van der Waals surface area contributed by atoms with Crippen molar-refractivity contribution in [3.63, 3.8) is 0 Å². The molecule has 0 amide bonds. The van der Waals surface area contributed by atoms with Crippen LogP contribution < -0.4 is 0 Å². The first-order valence-corrected chi connectivity index (χ1v) is 4.23. The fraction of sp³-hybridized carbons (Fsp3) is 0. The molecule has 0 fully saturated rings. The predicted octanol–water partition coefficient (Wildman–Crippen LogP) is 0.334. The van der Waals surface area contributed by atoms with Gasteiger partial charge in [-0.05, 0) is 12.1 Å². The van der Waals surface area contributed by atoms with Gasteiger partial charge in [0.05, 0.1) is 0 Å². The van der Waals surface area contributed by atoms with Crippen LogP contribution >= 0.6 is 0 Å². The highest BCUT2D eigenvalue weighted by Crippen LogP contribution is 2.11. The first kappa shape index (κ1) is 8.75. The van der Waals surface area contributed by atoms with E-state index >= 15 is 0 Å². The molecule has 0 bridgehead atoms. The second-order valence-corrected chi connectivity index (χ2v) is 3.23. The smallest absolute Gasteiger partial charge is 0.328 e. The van der Waals surface area contributed by atoms with E-state index in [1.165, 1.54) is 6.07 Å². The van der Waals surface area contributed by atoms with Gasteiger partial charge in [0.2, 0.25) is 5.09 Å². The van der Waals surface area contributed by atoms with Gasteiger partial charge in [0, 0.05) is 0 Å². The Bertz CT molecular complexity index is 390. The van der Waals surface area contributed by atoms with Gasteiger partial charge >= 0.3 is 10.1 Å². The summed E-state index contributed by atoms with van der Waals surface area (Å²) in [6.07, 6.45) is 0.898. The molecule has 0 atom stereocenters. The van der Waals surface area contributed by atoms with Crippen molar-refractivity contribution in [3.05, 3.63) is 17.9 Å². The molecule has 0 saturated heterocycles. The highest BCUT2D eigenvalue weighted by Gasteiger charge is 2.13. The Morgan fingerprint density at radius 1 is 1.50 bits per heavy atom. The zero-order valence-corrected chi connectivity index (χ0v) is 6.52. The highest BCUT2D eigenvalue weighted by molar-refractivity contribution is 7.85. The summed E-state index contributed by atoms with van der Waals surface area (Å²) in [6.45, 7) is 0. The summed E-state index contributed by atoms with van der Waals surface area (Å²) in [5.74, 6) is 0.0325. The minimum absolute atomic E-state index is 0.0325. The van der Waals surface area contributed by atoms with E-state index in [1.807, 2.05) is 0 Å². The van der Waals surface area contributed by atoms with Crippen LogP contribution in [0.15, 0.2) is 26.8 Å². The molecule has 1 rings (SSSR count). The molecule has 66 valence electrons. The Labute approximate surface area is 67.9 Å². The van der Waals surface area contributed by atoms with Crippen LogP contribution in [0.1, 0.15) is 5.76 Å². The average Bonchev–Trinajstić information content (AvgIpc) is 2.35. The van der Waals surface area contributed by atoms with Crippen LogP contribution in [-0.4, -0.2) is 24.4 Å². The Morgan fingerprint density at radius 3 is 2.58 bits per heavy atom. The Hall–Kier alpha value is -1.34. The molecule has 1 heterocycles. The van der Waals surface area contributed by atoms with Gasteiger partial charge < -0.3 is 9.62 Å². The fourth-order valence-electron chi connectivity index (χ4n) is 0.599. The third-order valence-corrected chi connectivity index (χ3v) is 1.77. The Morgan fingerprint density at radius 2 is 2.17 bits per heavy atom. The zero-order valence-electron chi connectivity index (χ0n) is 5.71. The Balaban J connectivity index is 3.08. The number of hydrogen-bond acceptors (Lipinski definition) is 5. The number of oxime groups is 1. The van der Waals surface area contributed by atoms with Gasteiger partial charge in [-0.15, -0.1) is 0 Å². The normalized spacial score (nSPS) is 12.4. The quantitative estimate of drug-likeness (QED) is 0.304. The van der Waals surface area contributed by atoms with Crippen molar-refractivity contribution in [1.29, 1.82) is 0 Å². The molecule has 0 aliphatic heterocycles. The molecular formula is C5H5NO5S. The number of hydrogen-bond donors (Lipinski definition) is 2. The van der Waals surface area contributed by atoms with Gasteiger partial charge in [0.25, 0.3) is 0 Å². The molecule has 0 saturated carbocycles. The van der Waals surface area contributed by atoms with E-state index in [0.717, 1.165) is 12.3 Å². The summed E-state index contributed by atoms with van der Waals surface area (Å²) in [5.41, 5.74) is 0. The summed E-state index contributed by atoms with van der Waals surface area (Å²) < 4.78 is 33.8. The second-order valence-electron chi connectivity index (χ2n) is 1.88. The maximum Gasteiger partial charge on any atom is 0.328 e. The van der Waals surface area contributed by atoms with E-state index in [4.69, 9.17) is 9.76 Å². The average molecular weight is 191 g/mol. The maximum absolute atomic E-state index is 10.4. The number of nitrogens with zero attached hydrogens (tertiary/aromatic N) is 1. The monoisotopic (exact) mass is 191 g/mol. The van der Waals surface area contributed by atoms with Crippen molar-refractivity contribution in [2.45, 2.75) is 5.09 Å². The van der Waals surface area contributed by atoms with Crippen molar-refractivity contribution in [2.24, 2.45) is 5.16 Å². The molecule has 1 aromatic heterocycles. The minimum Gasteiger partial charge on any atom is -0.441 e. The van der Waals surface area contributed by atoms with E-state index in [1.54, 1.807) is 0 Å². The Kier molecular flexibility index (Phi) is 2.15. The first-order chi connectivity index (χ1) is 5.54. The van der Waals surface area contributed by atoms with Crippen LogP contribution in [0.5, 0.6) is 0 Å². The van der Waals surface area contributed by atoms with Crippen molar-refractivity contribution in [2.75, 3.05) is 0 Å². The lowest BCUT2D eigenvalue weighted by atomic mass is 10.5. The largest absolute Gasteiger partial charge is 0.441 e. The van der Waals surface area contributed by atoms with Crippen LogP contribution in [0.2, 0.25) is 0 Å². The van der Waals surface area contributed by atoms with Crippen molar-refractivity contribution < 1.29 is 22.6 Å². The lowest BCUT2D eigenvalue weighted by Crippen LogP contribution is -1.94. The van der Waals surface area contributed by atoms with Gasteiger partial charge in [-0.1, -0.05) is 5.16 Å². The minimum atomic E-state index is -4.31.